The summed E-state index contributed by atoms with van der Waals surface area (Å²) in [4.78, 5) is 0. The van der Waals surface area contributed by atoms with Gasteiger partial charge in [0.1, 0.15) is 5.75 Å². The zero-order chi connectivity index (χ0) is 14.3. The van der Waals surface area contributed by atoms with E-state index in [1.54, 1.807) is 19.2 Å². The van der Waals surface area contributed by atoms with Gasteiger partial charge in [-0.15, -0.1) is 0 Å². The van der Waals surface area contributed by atoms with Crippen molar-refractivity contribution in [3.05, 3.63) is 29.8 Å². The fourth-order valence-electron chi connectivity index (χ4n) is 1.88. The molecule has 0 heterocycles. The molecule has 1 atom stereocenters. The lowest BCUT2D eigenvalue weighted by Gasteiger charge is -2.13. The van der Waals surface area contributed by atoms with Crippen molar-refractivity contribution in [2.24, 2.45) is 5.73 Å². The molecule has 0 aliphatic rings. The predicted octanol–water partition coefficient (Wildman–Crippen LogP) is 2.30. The van der Waals surface area contributed by atoms with Gasteiger partial charge in [0.05, 0.1) is 18.6 Å². The summed E-state index contributed by atoms with van der Waals surface area (Å²) in [5.74, 6) is 0.968. The normalized spacial score (nSPS) is 13.2. The van der Waals surface area contributed by atoms with Crippen LogP contribution in [0.1, 0.15) is 37.8 Å². The predicted molar refractivity (Wildman–Crippen MR) is 78.1 cm³/mol. The summed E-state index contributed by atoms with van der Waals surface area (Å²) in [6.07, 6.45) is 2.67. The maximum atomic E-state index is 11.9. The number of hydrogen-bond donors (Lipinski definition) is 1. The first-order chi connectivity index (χ1) is 8.98. The third kappa shape index (κ3) is 5.61. The van der Waals surface area contributed by atoms with Crippen molar-refractivity contribution in [2.75, 3.05) is 18.6 Å². The van der Waals surface area contributed by atoms with E-state index in [0.29, 0.717) is 6.42 Å². The van der Waals surface area contributed by atoms with Gasteiger partial charge in [-0.05, 0) is 24.1 Å². The van der Waals surface area contributed by atoms with Gasteiger partial charge in [0.15, 0.2) is 9.84 Å². The summed E-state index contributed by atoms with van der Waals surface area (Å²) in [7, 11) is -1.48. The maximum Gasteiger partial charge on any atom is 0.152 e. The van der Waals surface area contributed by atoms with Gasteiger partial charge < -0.3 is 10.5 Å². The van der Waals surface area contributed by atoms with E-state index >= 15 is 0 Å². The molecule has 0 spiro atoms. The smallest absolute Gasteiger partial charge is 0.152 e. The van der Waals surface area contributed by atoms with Crippen LogP contribution in [0.2, 0.25) is 0 Å². The Balaban J connectivity index is 2.59. The van der Waals surface area contributed by atoms with Crippen LogP contribution in [-0.4, -0.2) is 27.0 Å². The van der Waals surface area contributed by atoms with Crippen LogP contribution < -0.4 is 10.5 Å². The molecule has 0 fully saturated rings. The van der Waals surface area contributed by atoms with Crippen LogP contribution >= 0.6 is 0 Å². The molecule has 4 nitrogen and oxygen atoms in total. The van der Waals surface area contributed by atoms with Crippen molar-refractivity contribution >= 4 is 9.84 Å². The molecule has 0 amide bonds. The molecule has 5 heteroatoms. The highest BCUT2D eigenvalue weighted by Crippen LogP contribution is 2.18. The second kappa shape index (κ2) is 7.50. The first-order valence-corrected chi connectivity index (χ1v) is 8.40. The summed E-state index contributed by atoms with van der Waals surface area (Å²) in [6.45, 7) is 2.05. The number of methoxy groups -OCH3 is 1. The third-order valence-corrected chi connectivity index (χ3v) is 4.81. The van der Waals surface area contributed by atoms with Crippen molar-refractivity contribution in [3.8, 4) is 5.75 Å². The number of rotatable bonds is 8. The molecule has 0 aliphatic carbocycles. The van der Waals surface area contributed by atoms with Crippen molar-refractivity contribution in [2.45, 2.75) is 32.2 Å². The van der Waals surface area contributed by atoms with Gasteiger partial charge >= 0.3 is 0 Å². The Bertz CT molecular complexity index is 468. The number of sulfone groups is 1. The molecule has 1 unspecified atom stereocenters. The van der Waals surface area contributed by atoms with Gasteiger partial charge in [-0.2, -0.15) is 0 Å². The molecular formula is C14H23NO3S. The van der Waals surface area contributed by atoms with Crippen LogP contribution in [0.4, 0.5) is 0 Å². The fraction of sp³-hybridized carbons (Fsp3) is 0.571. The summed E-state index contributed by atoms with van der Waals surface area (Å²) in [5, 5.41) is 0. The zero-order valence-electron chi connectivity index (χ0n) is 11.6. The van der Waals surface area contributed by atoms with Crippen molar-refractivity contribution in [1.82, 2.24) is 0 Å². The molecule has 1 aromatic carbocycles. The first kappa shape index (κ1) is 16.0. The number of ether oxygens (including phenoxy) is 1. The van der Waals surface area contributed by atoms with Gasteiger partial charge in [0.25, 0.3) is 0 Å². The minimum Gasteiger partial charge on any atom is -0.497 e. The summed E-state index contributed by atoms with van der Waals surface area (Å²) >= 11 is 0. The highest BCUT2D eigenvalue weighted by atomic mass is 32.2. The molecule has 0 saturated heterocycles. The molecule has 0 radical (unpaired) electrons. The fourth-order valence-corrected chi connectivity index (χ4v) is 3.43. The first-order valence-electron chi connectivity index (χ1n) is 6.58. The van der Waals surface area contributed by atoms with Gasteiger partial charge in [0.2, 0.25) is 0 Å². The molecule has 0 saturated carbocycles. The minimum absolute atomic E-state index is 0.00302. The Morgan fingerprint density at radius 1 is 1.21 bits per heavy atom. The zero-order valence-corrected chi connectivity index (χ0v) is 12.4. The van der Waals surface area contributed by atoms with Crippen molar-refractivity contribution in [3.63, 3.8) is 0 Å². The van der Waals surface area contributed by atoms with E-state index in [9.17, 15) is 8.42 Å². The number of nitrogens with two attached hydrogens (primary N) is 1. The van der Waals surface area contributed by atoms with Crippen LogP contribution in [-0.2, 0) is 9.84 Å². The van der Waals surface area contributed by atoms with E-state index in [1.165, 1.54) is 0 Å². The molecule has 19 heavy (non-hydrogen) atoms. The second-order valence-corrected chi connectivity index (χ2v) is 6.93. The molecule has 108 valence electrons. The van der Waals surface area contributed by atoms with Gasteiger partial charge in [-0.25, -0.2) is 8.42 Å². The second-order valence-electron chi connectivity index (χ2n) is 4.70. The quantitative estimate of drug-likeness (QED) is 0.744. The average molecular weight is 285 g/mol. The van der Waals surface area contributed by atoms with E-state index < -0.39 is 15.9 Å². The Morgan fingerprint density at radius 3 is 2.37 bits per heavy atom. The maximum absolute atomic E-state index is 11.9. The largest absolute Gasteiger partial charge is 0.497 e. The minimum atomic E-state index is -3.07. The van der Waals surface area contributed by atoms with Crippen LogP contribution in [0.25, 0.3) is 0 Å². The number of unbranched alkanes of at least 4 members (excludes halogenated alkanes) is 2. The van der Waals surface area contributed by atoms with Crippen LogP contribution in [0.5, 0.6) is 5.75 Å². The SMILES string of the molecule is CCCCCS(=O)(=O)CC(N)c1ccc(OC)cc1. The highest BCUT2D eigenvalue weighted by molar-refractivity contribution is 7.91. The lowest BCUT2D eigenvalue weighted by Crippen LogP contribution is -2.23. The third-order valence-electron chi connectivity index (χ3n) is 3.04. The Morgan fingerprint density at radius 2 is 1.84 bits per heavy atom. The lowest BCUT2D eigenvalue weighted by molar-refractivity contribution is 0.414. The summed E-state index contributed by atoms with van der Waals surface area (Å²) in [6, 6.07) is 6.73. The van der Waals surface area contributed by atoms with Crippen molar-refractivity contribution in [1.29, 1.82) is 0 Å². The van der Waals surface area contributed by atoms with Gasteiger partial charge in [0, 0.05) is 6.04 Å². The number of hydrogen-bond acceptors (Lipinski definition) is 4. The molecule has 1 rings (SSSR count). The Kier molecular flexibility index (Phi) is 6.31. The summed E-state index contributed by atoms with van der Waals surface area (Å²) < 4.78 is 28.9. The molecule has 0 bridgehead atoms. The van der Waals surface area contributed by atoms with Crippen molar-refractivity contribution < 1.29 is 13.2 Å². The van der Waals surface area contributed by atoms with E-state index in [4.69, 9.17) is 10.5 Å². The average Bonchev–Trinajstić information content (AvgIpc) is 2.38. The van der Waals surface area contributed by atoms with Crippen LogP contribution in [0.3, 0.4) is 0 Å². The molecular weight excluding hydrogens is 262 g/mol. The Labute approximate surface area is 115 Å². The van der Waals surface area contributed by atoms with E-state index in [0.717, 1.165) is 24.2 Å². The van der Waals surface area contributed by atoms with Gasteiger partial charge in [-0.3, -0.25) is 0 Å². The Hall–Kier alpha value is -1.07. The topological polar surface area (TPSA) is 69.4 Å². The monoisotopic (exact) mass is 285 g/mol. The van der Waals surface area contributed by atoms with Gasteiger partial charge in [-0.1, -0.05) is 31.9 Å². The summed E-state index contributed by atoms with van der Waals surface area (Å²) in [5.41, 5.74) is 6.78. The molecule has 0 aromatic heterocycles. The lowest BCUT2D eigenvalue weighted by atomic mass is 10.1. The van der Waals surface area contributed by atoms with Crippen LogP contribution in [0.15, 0.2) is 24.3 Å². The van der Waals surface area contributed by atoms with E-state index in [2.05, 4.69) is 6.92 Å². The standard InChI is InChI=1S/C14H23NO3S/c1-3-4-5-10-19(16,17)11-14(15)12-6-8-13(18-2)9-7-12/h6-9,14H,3-5,10-11,15H2,1-2H3. The van der Waals surface area contributed by atoms with E-state index in [-0.39, 0.29) is 11.5 Å². The highest BCUT2D eigenvalue weighted by Gasteiger charge is 2.17. The molecule has 2 N–H and O–H groups in total. The molecule has 0 aliphatic heterocycles. The van der Waals surface area contributed by atoms with E-state index in [1.807, 2.05) is 12.1 Å². The molecule has 1 aromatic rings. The van der Waals surface area contributed by atoms with Crippen LogP contribution in [0, 0.1) is 0 Å². The number of benzene rings is 1.